The number of alkyl halides is 1. The van der Waals surface area contributed by atoms with Gasteiger partial charge < -0.3 is 10.4 Å². The Kier molecular flexibility index (Phi) is 4.45. The first-order chi connectivity index (χ1) is 7.54. The average Bonchev–Trinajstić information content (AvgIpc) is 2.27. The SMILES string of the molecule is O=[N+]([O-])c1cc(NCC(O)CCl)ccc1F. The zero-order valence-corrected chi connectivity index (χ0v) is 8.95. The lowest BCUT2D eigenvalue weighted by Crippen LogP contribution is -2.20. The molecule has 1 rings (SSSR count). The molecule has 0 saturated heterocycles. The van der Waals surface area contributed by atoms with E-state index in [1.807, 2.05) is 0 Å². The van der Waals surface area contributed by atoms with Crippen molar-refractivity contribution in [2.75, 3.05) is 17.7 Å². The van der Waals surface area contributed by atoms with Crippen LogP contribution >= 0.6 is 11.6 Å². The van der Waals surface area contributed by atoms with Crippen molar-refractivity contribution in [3.8, 4) is 0 Å². The molecule has 0 fully saturated rings. The Bertz CT molecular complexity index is 389. The summed E-state index contributed by atoms with van der Waals surface area (Å²) in [6.07, 6.45) is -0.759. The number of hydrogen-bond acceptors (Lipinski definition) is 4. The third-order valence-electron chi connectivity index (χ3n) is 1.86. The van der Waals surface area contributed by atoms with E-state index in [1.54, 1.807) is 0 Å². The summed E-state index contributed by atoms with van der Waals surface area (Å²) in [5.74, 6) is -0.843. The molecule has 1 aromatic rings. The van der Waals surface area contributed by atoms with Crippen LogP contribution in [0.25, 0.3) is 0 Å². The second-order valence-electron chi connectivity index (χ2n) is 3.11. The third kappa shape index (κ3) is 3.32. The van der Waals surface area contributed by atoms with Crippen LogP contribution in [0.4, 0.5) is 15.8 Å². The number of nitro benzene ring substituents is 1. The third-order valence-corrected chi connectivity index (χ3v) is 2.22. The van der Waals surface area contributed by atoms with E-state index in [-0.39, 0.29) is 12.4 Å². The number of nitrogens with one attached hydrogen (secondary N) is 1. The van der Waals surface area contributed by atoms with E-state index in [4.69, 9.17) is 16.7 Å². The predicted molar refractivity (Wildman–Crippen MR) is 58.3 cm³/mol. The quantitative estimate of drug-likeness (QED) is 0.473. The molecule has 0 spiro atoms. The van der Waals surface area contributed by atoms with Gasteiger partial charge >= 0.3 is 5.69 Å². The highest BCUT2D eigenvalue weighted by atomic mass is 35.5. The molecule has 1 aromatic carbocycles. The van der Waals surface area contributed by atoms with E-state index in [0.717, 1.165) is 12.1 Å². The van der Waals surface area contributed by atoms with Crippen molar-refractivity contribution >= 4 is 23.0 Å². The van der Waals surface area contributed by atoms with Crippen LogP contribution in [-0.4, -0.2) is 28.6 Å². The molecule has 0 aliphatic heterocycles. The number of halogens is 2. The van der Waals surface area contributed by atoms with Crippen molar-refractivity contribution in [3.63, 3.8) is 0 Å². The maximum Gasteiger partial charge on any atom is 0.306 e. The van der Waals surface area contributed by atoms with Gasteiger partial charge in [0.1, 0.15) is 0 Å². The van der Waals surface area contributed by atoms with Crippen LogP contribution in [0.15, 0.2) is 18.2 Å². The van der Waals surface area contributed by atoms with Gasteiger partial charge in [0.15, 0.2) is 0 Å². The zero-order valence-electron chi connectivity index (χ0n) is 8.19. The number of hydrogen-bond donors (Lipinski definition) is 2. The van der Waals surface area contributed by atoms with Gasteiger partial charge in [-0.3, -0.25) is 10.1 Å². The molecule has 0 amide bonds. The molecule has 1 atom stereocenters. The van der Waals surface area contributed by atoms with Gasteiger partial charge in [0.25, 0.3) is 0 Å². The van der Waals surface area contributed by atoms with Gasteiger partial charge in [-0.05, 0) is 12.1 Å². The molecule has 0 aliphatic carbocycles. The Morgan fingerprint density at radius 3 is 2.88 bits per heavy atom. The molecule has 0 saturated carbocycles. The lowest BCUT2D eigenvalue weighted by atomic mass is 10.2. The van der Waals surface area contributed by atoms with Gasteiger partial charge in [-0.25, -0.2) is 0 Å². The maximum absolute atomic E-state index is 12.9. The number of aliphatic hydroxyl groups excluding tert-OH is 1. The van der Waals surface area contributed by atoms with Gasteiger partial charge in [-0.15, -0.1) is 11.6 Å². The fraction of sp³-hybridized carbons (Fsp3) is 0.333. The minimum atomic E-state index is -0.895. The van der Waals surface area contributed by atoms with Gasteiger partial charge in [-0.1, -0.05) is 0 Å². The molecular weight excluding hydrogens is 239 g/mol. The van der Waals surface area contributed by atoms with Gasteiger partial charge in [-0.2, -0.15) is 4.39 Å². The normalized spacial score (nSPS) is 12.2. The smallest absolute Gasteiger partial charge is 0.306 e. The van der Waals surface area contributed by atoms with Crippen molar-refractivity contribution in [2.45, 2.75) is 6.10 Å². The summed E-state index contributed by atoms with van der Waals surface area (Å²) in [7, 11) is 0. The summed E-state index contributed by atoms with van der Waals surface area (Å²) < 4.78 is 12.9. The second kappa shape index (κ2) is 5.62. The molecule has 88 valence electrons. The monoisotopic (exact) mass is 248 g/mol. The largest absolute Gasteiger partial charge is 0.390 e. The Labute approximate surface area is 96.0 Å². The van der Waals surface area contributed by atoms with Crippen LogP contribution in [0.3, 0.4) is 0 Å². The highest BCUT2D eigenvalue weighted by Gasteiger charge is 2.14. The molecule has 2 N–H and O–H groups in total. The minimum absolute atomic E-state index is 0.0519. The Hall–Kier alpha value is -1.40. The minimum Gasteiger partial charge on any atom is -0.390 e. The van der Waals surface area contributed by atoms with E-state index in [9.17, 15) is 14.5 Å². The van der Waals surface area contributed by atoms with Crippen molar-refractivity contribution in [1.29, 1.82) is 0 Å². The van der Waals surface area contributed by atoms with Gasteiger partial charge in [0.05, 0.1) is 16.9 Å². The molecule has 7 heteroatoms. The lowest BCUT2D eigenvalue weighted by molar-refractivity contribution is -0.387. The zero-order chi connectivity index (χ0) is 12.1. The molecule has 0 radical (unpaired) electrons. The summed E-state index contributed by atoms with van der Waals surface area (Å²) in [6, 6.07) is 3.41. The van der Waals surface area contributed by atoms with Crippen molar-refractivity contribution < 1.29 is 14.4 Å². The molecule has 16 heavy (non-hydrogen) atoms. The molecule has 5 nitrogen and oxygen atoms in total. The summed E-state index contributed by atoms with van der Waals surface area (Å²) in [5.41, 5.74) is -0.248. The molecule has 0 aliphatic rings. The van der Waals surface area contributed by atoms with Crippen molar-refractivity contribution in [1.82, 2.24) is 0 Å². The number of aliphatic hydroxyl groups is 1. The second-order valence-corrected chi connectivity index (χ2v) is 3.42. The fourth-order valence-corrected chi connectivity index (χ4v) is 1.16. The van der Waals surface area contributed by atoms with Crippen LogP contribution in [0, 0.1) is 15.9 Å². The standard InChI is InChI=1S/C9H10ClFN2O3/c10-4-7(14)5-12-6-1-2-8(11)9(3-6)13(15)16/h1-3,7,12,14H,4-5H2. The molecule has 0 bridgehead atoms. The van der Waals surface area contributed by atoms with Crippen LogP contribution in [-0.2, 0) is 0 Å². The van der Waals surface area contributed by atoms with Crippen LogP contribution in [0.2, 0.25) is 0 Å². The number of benzene rings is 1. The Morgan fingerprint density at radius 2 is 2.31 bits per heavy atom. The number of nitrogens with zero attached hydrogens (tertiary/aromatic N) is 1. The van der Waals surface area contributed by atoms with Gasteiger partial charge in [0.2, 0.25) is 5.82 Å². The van der Waals surface area contributed by atoms with Crippen LogP contribution in [0.1, 0.15) is 0 Å². The number of anilines is 1. The summed E-state index contributed by atoms with van der Waals surface area (Å²) in [5, 5.41) is 22.3. The van der Waals surface area contributed by atoms with E-state index in [2.05, 4.69) is 5.32 Å². The Balaban J connectivity index is 2.75. The van der Waals surface area contributed by atoms with E-state index in [1.165, 1.54) is 6.07 Å². The highest BCUT2D eigenvalue weighted by Crippen LogP contribution is 2.21. The summed E-state index contributed by atoms with van der Waals surface area (Å²) >= 11 is 5.37. The van der Waals surface area contributed by atoms with E-state index < -0.39 is 22.5 Å². The topological polar surface area (TPSA) is 75.4 Å². The molecule has 0 heterocycles. The highest BCUT2D eigenvalue weighted by molar-refractivity contribution is 6.18. The predicted octanol–water partition coefficient (Wildman–Crippen LogP) is 1.75. The first-order valence-electron chi connectivity index (χ1n) is 4.46. The van der Waals surface area contributed by atoms with Crippen molar-refractivity contribution in [2.24, 2.45) is 0 Å². The van der Waals surface area contributed by atoms with E-state index in [0.29, 0.717) is 5.69 Å². The first kappa shape index (κ1) is 12.7. The first-order valence-corrected chi connectivity index (χ1v) is 5.00. The molecule has 0 aromatic heterocycles. The fourth-order valence-electron chi connectivity index (χ4n) is 1.05. The summed E-state index contributed by atoms with van der Waals surface area (Å²) in [4.78, 5) is 9.63. The molecular formula is C9H10ClFN2O3. The summed E-state index contributed by atoms with van der Waals surface area (Å²) in [6.45, 7) is 0.145. The van der Waals surface area contributed by atoms with Gasteiger partial charge in [0, 0.05) is 18.3 Å². The van der Waals surface area contributed by atoms with Crippen LogP contribution < -0.4 is 5.32 Å². The van der Waals surface area contributed by atoms with Crippen LogP contribution in [0.5, 0.6) is 0 Å². The number of rotatable bonds is 5. The molecule has 1 unspecified atom stereocenters. The maximum atomic E-state index is 12.9. The van der Waals surface area contributed by atoms with E-state index >= 15 is 0 Å². The lowest BCUT2D eigenvalue weighted by Gasteiger charge is -2.09. The average molecular weight is 249 g/mol. The number of nitro groups is 1. The van der Waals surface area contributed by atoms with Crippen molar-refractivity contribution in [3.05, 3.63) is 34.1 Å². The Morgan fingerprint density at radius 1 is 1.62 bits per heavy atom.